The fourth-order valence-electron chi connectivity index (χ4n) is 2.33. The Hall–Kier alpha value is -1.99. The van der Waals surface area contributed by atoms with Gasteiger partial charge < -0.3 is 0 Å². The molecule has 98 valence electrons. The van der Waals surface area contributed by atoms with Crippen molar-refractivity contribution in [2.24, 2.45) is 0 Å². The lowest BCUT2D eigenvalue weighted by Crippen LogP contribution is -1.83. The molecule has 0 amide bonds. The zero-order chi connectivity index (χ0) is 13.9. The van der Waals surface area contributed by atoms with Crippen molar-refractivity contribution in [1.29, 1.82) is 0 Å². The van der Waals surface area contributed by atoms with Crippen LogP contribution in [0.5, 0.6) is 0 Å². The lowest BCUT2D eigenvalue weighted by atomic mass is 9.98. The molecule has 0 heterocycles. The van der Waals surface area contributed by atoms with Crippen LogP contribution in [0, 0.1) is 6.92 Å². The molecule has 0 spiro atoms. The Labute approximate surface area is 125 Å². The minimum Gasteiger partial charge on any atom is -0.143 e. The van der Waals surface area contributed by atoms with Crippen LogP contribution >= 0.6 is 12.6 Å². The van der Waals surface area contributed by atoms with E-state index < -0.39 is 0 Å². The van der Waals surface area contributed by atoms with Crippen LogP contribution in [0.15, 0.2) is 77.7 Å². The van der Waals surface area contributed by atoms with Crippen LogP contribution in [0.25, 0.3) is 22.3 Å². The van der Waals surface area contributed by atoms with Gasteiger partial charge in [0.1, 0.15) is 0 Å². The maximum absolute atomic E-state index is 4.54. The third kappa shape index (κ3) is 2.63. The molecule has 0 aromatic heterocycles. The first-order valence-corrected chi connectivity index (χ1v) is 7.14. The standard InChI is InChI=1S/C19H16S/c1-14-9-11-15(12-10-14)16-5-4-6-17(13-16)18-7-2-3-8-19(18)20/h2-13,20H,1H3. The van der Waals surface area contributed by atoms with E-state index in [1.165, 1.54) is 27.8 Å². The molecule has 0 N–H and O–H groups in total. The number of aryl methyl sites for hydroxylation is 1. The highest BCUT2D eigenvalue weighted by Crippen LogP contribution is 2.30. The van der Waals surface area contributed by atoms with Crippen LogP contribution in [-0.4, -0.2) is 0 Å². The molecule has 0 aliphatic carbocycles. The normalized spacial score (nSPS) is 10.5. The summed E-state index contributed by atoms with van der Waals surface area (Å²) in [5, 5.41) is 0. The highest BCUT2D eigenvalue weighted by Gasteiger charge is 2.04. The van der Waals surface area contributed by atoms with Crippen molar-refractivity contribution >= 4 is 12.6 Å². The Kier molecular flexibility index (Phi) is 3.62. The van der Waals surface area contributed by atoms with Gasteiger partial charge in [-0.15, -0.1) is 12.6 Å². The SMILES string of the molecule is Cc1ccc(-c2cccc(-c3ccccc3S)c2)cc1. The van der Waals surface area contributed by atoms with Gasteiger partial charge in [-0.05, 0) is 41.3 Å². The summed E-state index contributed by atoms with van der Waals surface area (Å²) in [5.41, 5.74) is 6.14. The lowest BCUT2D eigenvalue weighted by Gasteiger charge is -2.08. The summed E-state index contributed by atoms with van der Waals surface area (Å²) in [6, 6.07) is 25.4. The summed E-state index contributed by atoms with van der Waals surface area (Å²) in [6.45, 7) is 2.11. The molecule has 3 rings (SSSR count). The molecule has 3 aromatic carbocycles. The zero-order valence-electron chi connectivity index (χ0n) is 11.4. The molecule has 0 fully saturated rings. The minimum absolute atomic E-state index is 1.01. The van der Waals surface area contributed by atoms with Gasteiger partial charge in [-0.1, -0.05) is 66.2 Å². The fraction of sp³-hybridized carbons (Fsp3) is 0.0526. The maximum atomic E-state index is 4.54. The van der Waals surface area contributed by atoms with Gasteiger partial charge in [0.25, 0.3) is 0 Å². The summed E-state index contributed by atoms with van der Waals surface area (Å²) < 4.78 is 0. The van der Waals surface area contributed by atoms with Crippen LogP contribution in [0.4, 0.5) is 0 Å². The van der Waals surface area contributed by atoms with E-state index in [2.05, 4.69) is 74.1 Å². The summed E-state index contributed by atoms with van der Waals surface area (Å²) in [6.07, 6.45) is 0. The monoisotopic (exact) mass is 276 g/mol. The molecule has 0 nitrogen and oxygen atoms in total. The van der Waals surface area contributed by atoms with Crippen molar-refractivity contribution in [1.82, 2.24) is 0 Å². The van der Waals surface area contributed by atoms with Gasteiger partial charge in [-0.25, -0.2) is 0 Å². The third-order valence-corrected chi connectivity index (χ3v) is 3.85. The summed E-state index contributed by atoms with van der Waals surface area (Å²) in [4.78, 5) is 1.01. The second kappa shape index (κ2) is 5.56. The zero-order valence-corrected chi connectivity index (χ0v) is 12.3. The van der Waals surface area contributed by atoms with E-state index >= 15 is 0 Å². The third-order valence-electron chi connectivity index (χ3n) is 3.46. The Balaban J connectivity index is 2.06. The Morgan fingerprint density at radius 1 is 0.650 bits per heavy atom. The van der Waals surface area contributed by atoms with Crippen molar-refractivity contribution in [3.63, 3.8) is 0 Å². The van der Waals surface area contributed by atoms with Gasteiger partial charge in [0.2, 0.25) is 0 Å². The molecule has 0 bridgehead atoms. The van der Waals surface area contributed by atoms with E-state index in [9.17, 15) is 0 Å². The second-order valence-electron chi connectivity index (χ2n) is 4.96. The second-order valence-corrected chi connectivity index (χ2v) is 5.45. The minimum atomic E-state index is 1.01. The fourth-order valence-corrected chi connectivity index (χ4v) is 2.62. The average Bonchev–Trinajstić information content (AvgIpc) is 2.49. The summed E-state index contributed by atoms with van der Waals surface area (Å²) in [5.74, 6) is 0. The number of rotatable bonds is 2. The van der Waals surface area contributed by atoms with Gasteiger partial charge in [-0.3, -0.25) is 0 Å². The van der Waals surface area contributed by atoms with Gasteiger partial charge in [0.05, 0.1) is 0 Å². The molecule has 1 heteroatoms. The lowest BCUT2D eigenvalue weighted by molar-refractivity contribution is 1.45. The molecule has 0 aliphatic heterocycles. The van der Waals surface area contributed by atoms with Crippen LogP contribution in [0.2, 0.25) is 0 Å². The Morgan fingerprint density at radius 3 is 2.10 bits per heavy atom. The van der Waals surface area contributed by atoms with Crippen molar-refractivity contribution in [2.75, 3.05) is 0 Å². The van der Waals surface area contributed by atoms with E-state index in [0.29, 0.717) is 0 Å². The van der Waals surface area contributed by atoms with Gasteiger partial charge in [0, 0.05) is 4.90 Å². The van der Waals surface area contributed by atoms with Crippen molar-refractivity contribution in [3.05, 3.63) is 78.4 Å². The highest BCUT2D eigenvalue weighted by molar-refractivity contribution is 7.80. The summed E-state index contributed by atoms with van der Waals surface area (Å²) >= 11 is 4.54. The largest absolute Gasteiger partial charge is 0.143 e. The van der Waals surface area contributed by atoms with E-state index in [1.54, 1.807) is 0 Å². The van der Waals surface area contributed by atoms with Crippen LogP contribution in [-0.2, 0) is 0 Å². The summed E-state index contributed by atoms with van der Waals surface area (Å²) in [7, 11) is 0. The van der Waals surface area contributed by atoms with Crippen molar-refractivity contribution < 1.29 is 0 Å². The first kappa shape index (κ1) is 13.0. The van der Waals surface area contributed by atoms with Gasteiger partial charge in [0.15, 0.2) is 0 Å². The van der Waals surface area contributed by atoms with E-state index in [-0.39, 0.29) is 0 Å². The molecule has 3 aromatic rings. The highest BCUT2D eigenvalue weighted by atomic mass is 32.1. The molecule has 20 heavy (non-hydrogen) atoms. The molecule has 0 radical (unpaired) electrons. The van der Waals surface area contributed by atoms with Crippen molar-refractivity contribution in [2.45, 2.75) is 11.8 Å². The Morgan fingerprint density at radius 2 is 1.35 bits per heavy atom. The van der Waals surface area contributed by atoms with Crippen molar-refractivity contribution in [3.8, 4) is 22.3 Å². The van der Waals surface area contributed by atoms with Crippen LogP contribution < -0.4 is 0 Å². The molecular weight excluding hydrogens is 260 g/mol. The van der Waals surface area contributed by atoms with E-state index in [0.717, 1.165) is 4.90 Å². The smallest absolute Gasteiger partial charge is 0.0119 e. The first-order chi connectivity index (χ1) is 9.74. The quantitative estimate of drug-likeness (QED) is 0.577. The average molecular weight is 276 g/mol. The topological polar surface area (TPSA) is 0 Å². The van der Waals surface area contributed by atoms with Gasteiger partial charge >= 0.3 is 0 Å². The number of hydrogen-bond acceptors (Lipinski definition) is 1. The molecule has 0 saturated carbocycles. The predicted molar refractivity (Wildman–Crippen MR) is 89.3 cm³/mol. The van der Waals surface area contributed by atoms with E-state index in [4.69, 9.17) is 0 Å². The molecule has 0 unspecified atom stereocenters. The molecule has 0 saturated heterocycles. The Bertz CT molecular complexity index is 727. The molecular formula is C19H16S. The number of thiol groups is 1. The van der Waals surface area contributed by atoms with E-state index in [1.807, 2.05) is 18.2 Å². The van der Waals surface area contributed by atoms with Crippen LogP contribution in [0.1, 0.15) is 5.56 Å². The first-order valence-electron chi connectivity index (χ1n) is 6.69. The number of benzene rings is 3. The molecule has 0 atom stereocenters. The maximum Gasteiger partial charge on any atom is 0.0119 e. The van der Waals surface area contributed by atoms with Gasteiger partial charge in [-0.2, -0.15) is 0 Å². The molecule has 0 aliphatic rings. The van der Waals surface area contributed by atoms with Crippen LogP contribution in [0.3, 0.4) is 0 Å². The predicted octanol–water partition coefficient (Wildman–Crippen LogP) is 5.62. The number of hydrogen-bond donors (Lipinski definition) is 1.